The molecule has 3 aromatic carbocycles. The molecule has 6 nitrogen and oxygen atoms in total. The van der Waals surface area contributed by atoms with Crippen LogP contribution in [0.5, 0.6) is 5.75 Å². The molecule has 2 N–H and O–H groups in total. The van der Waals surface area contributed by atoms with Crippen LogP contribution in [0.3, 0.4) is 0 Å². The van der Waals surface area contributed by atoms with Gasteiger partial charge >= 0.3 is 6.36 Å². The second kappa shape index (κ2) is 13.3. The Kier molecular flexibility index (Phi) is 9.62. The second-order valence-electron chi connectivity index (χ2n) is 9.53. The van der Waals surface area contributed by atoms with E-state index in [1.54, 1.807) is 18.2 Å². The molecule has 1 amide bonds. The lowest BCUT2D eigenvalue weighted by Gasteiger charge is -2.32. The molecule has 1 saturated heterocycles. The highest BCUT2D eigenvalue weighted by Gasteiger charge is 2.30. The van der Waals surface area contributed by atoms with Crippen molar-refractivity contribution in [2.24, 2.45) is 0 Å². The van der Waals surface area contributed by atoms with E-state index >= 15 is 0 Å². The van der Waals surface area contributed by atoms with Gasteiger partial charge in [0.1, 0.15) is 5.75 Å². The van der Waals surface area contributed by atoms with Crippen LogP contribution in [-0.4, -0.2) is 68.4 Å². The number of benzene rings is 3. The molecule has 0 spiro atoms. The number of carbonyl (C=O) groups excluding carboxylic acids is 1. The minimum absolute atomic E-state index is 0.0875. The van der Waals surface area contributed by atoms with Crippen molar-refractivity contribution in [3.05, 3.63) is 89.5 Å². The van der Waals surface area contributed by atoms with Crippen LogP contribution in [0, 0.1) is 0 Å². The van der Waals surface area contributed by atoms with Crippen LogP contribution >= 0.6 is 0 Å². The molecule has 3 aromatic rings. The number of alkyl halides is 3. The molecule has 0 unspecified atom stereocenters. The van der Waals surface area contributed by atoms with E-state index in [2.05, 4.69) is 32.2 Å². The summed E-state index contributed by atoms with van der Waals surface area (Å²) in [6.45, 7) is 5.97. The van der Waals surface area contributed by atoms with Crippen LogP contribution in [0.4, 0.5) is 24.5 Å². The molecule has 39 heavy (non-hydrogen) atoms. The van der Waals surface area contributed by atoms with E-state index in [0.29, 0.717) is 12.1 Å². The third-order valence-corrected chi connectivity index (χ3v) is 6.44. The molecule has 0 aromatic heterocycles. The summed E-state index contributed by atoms with van der Waals surface area (Å²) in [5, 5.41) is 6.34. The average Bonchev–Trinajstić information content (AvgIpc) is 2.92. The molecule has 0 radical (unpaired) electrons. The summed E-state index contributed by atoms with van der Waals surface area (Å²) in [4.78, 5) is 17.4. The molecule has 0 atom stereocenters. The molecule has 206 valence electrons. The number of rotatable bonds is 10. The first kappa shape index (κ1) is 28.2. The maximum Gasteiger partial charge on any atom is 0.573 e. The van der Waals surface area contributed by atoms with Crippen LogP contribution in [-0.2, 0) is 0 Å². The number of nitrogens with zero attached hydrogens (tertiary/aromatic N) is 2. The summed E-state index contributed by atoms with van der Waals surface area (Å²) in [7, 11) is 2.14. The third kappa shape index (κ3) is 9.46. The normalized spacial score (nSPS) is 14.9. The molecule has 1 fully saturated rings. The summed E-state index contributed by atoms with van der Waals surface area (Å²) in [5.41, 5.74) is 3.96. The van der Waals surface area contributed by atoms with Gasteiger partial charge in [0.2, 0.25) is 0 Å². The van der Waals surface area contributed by atoms with Crippen molar-refractivity contribution < 1.29 is 22.7 Å². The highest BCUT2D eigenvalue weighted by atomic mass is 19.4. The fourth-order valence-corrected chi connectivity index (χ4v) is 4.23. The number of nitrogens with one attached hydrogen (secondary N) is 2. The van der Waals surface area contributed by atoms with E-state index in [0.717, 1.165) is 61.6 Å². The number of amides is 1. The van der Waals surface area contributed by atoms with Crippen LogP contribution in [0.25, 0.3) is 12.2 Å². The van der Waals surface area contributed by atoms with Gasteiger partial charge in [-0.2, -0.15) is 0 Å². The highest BCUT2D eigenvalue weighted by Crippen LogP contribution is 2.24. The first-order chi connectivity index (χ1) is 18.7. The van der Waals surface area contributed by atoms with Crippen molar-refractivity contribution in [3.8, 4) is 5.75 Å². The van der Waals surface area contributed by atoms with Gasteiger partial charge in [0.05, 0.1) is 0 Å². The molecule has 9 heteroatoms. The van der Waals surface area contributed by atoms with Gasteiger partial charge in [-0.25, -0.2) is 0 Å². The van der Waals surface area contributed by atoms with E-state index in [1.165, 1.54) is 12.1 Å². The van der Waals surface area contributed by atoms with Gasteiger partial charge in [-0.05, 0) is 73.6 Å². The van der Waals surface area contributed by atoms with Crippen molar-refractivity contribution in [2.75, 3.05) is 51.6 Å². The Balaban J connectivity index is 1.24. The summed E-state index contributed by atoms with van der Waals surface area (Å²) in [6.07, 6.45) is -0.0948. The van der Waals surface area contributed by atoms with Gasteiger partial charge in [0.25, 0.3) is 5.91 Å². The van der Waals surface area contributed by atoms with E-state index < -0.39 is 6.36 Å². The number of hydrogen-bond acceptors (Lipinski definition) is 5. The van der Waals surface area contributed by atoms with Crippen LogP contribution < -0.4 is 15.4 Å². The van der Waals surface area contributed by atoms with Crippen molar-refractivity contribution >= 4 is 29.4 Å². The fraction of sp³-hybridized carbons (Fsp3) is 0.300. The van der Waals surface area contributed by atoms with E-state index in [4.69, 9.17) is 0 Å². The van der Waals surface area contributed by atoms with Crippen LogP contribution in [0.1, 0.15) is 27.9 Å². The molecule has 0 bridgehead atoms. The number of anilines is 2. The lowest BCUT2D eigenvalue weighted by molar-refractivity contribution is -0.274. The predicted molar refractivity (Wildman–Crippen MR) is 149 cm³/mol. The number of piperazine rings is 1. The monoisotopic (exact) mass is 538 g/mol. The average molecular weight is 539 g/mol. The zero-order chi connectivity index (χ0) is 27.7. The SMILES string of the molecule is CN1CCN(CCCNC(=O)c2cccc(Nc3ccc(/C=C/c4ccc(OC(F)(F)F)cc4)cc3)c2)CC1. The molecule has 0 saturated carbocycles. The molecule has 4 rings (SSSR count). The van der Waals surface area contributed by atoms with Gasteiger partial charge in [0.15, 0.2) is 0 Å². The maximum absolute atomic E-state index is 12.6. The topological polar surface area (TPSA) is 56.8 Å². The smallest absolute Gasteiger partial charge is 0.406 e. The molecule has 1 aliphatic heterocycles. The summed E-state index contributed by atoms with van der Waals surface area (Å²) in [6, 6.07) is 20.8. The van der Waals surface area contributed by atoms with Crippen molar-refractivity contribution in [1.82, 2.24) is 15.1 Å². The van der Waals surface area contributed by atoms with Gasteiger partial charge in [-0.15, -0.1) is 13.2 Å². The zero-order valence-electron chi connectivity index (χ0n) is 21.9. The Morgan fingerprint density at radius 1 is 0.897 bits per heavy atom. The van der Waals surface area contributed by atoms with E-state index in [9.17, 15) is 18.0 Å². The Hall–Kier alpha value is -3.82. The number of carbonyl (C=O) groups is 1. The molecule has 1 heterocycles. The highest BCUT2D eigenvalue weighted by molar-refractivity contribution is 5.95. The van der Waals surface area contributed by atoms with Crippen molar-refractivity contribution in [3.63, 3.8) is 0 Å². The summed E-state index contributed by atoms with van der Waals surface area (Å²) in [5.74, 6) is -0.339. The van der Waals surface area contributed by atoms with Gasteiger partial charge in [0, 0.05) is 49.7 Å². The lowest BCUT2D eigenvalue weighted by atomic mass is 10.1. The van der Waals surface area contributed by atoms with E-state index in [-0.39, 0.29) is 11.7 Å². The number of likely N-dealkylation sites (N-methyl/N-ethyl adjacent to an activating group) is 1. The number of halogens is 3. The minimum atomic E-state index is -4.70. The third-order valence-electron chi connectivity index (χ3n) is 6.44. The molecular formula is C30H33F3N4O2. The van der Waals surface area contributed by atoms with Gasteiger partial charge in [-0.1, -0.05) is 42.5 Å². The second-order valence-corrected chi connectivity index (χ2v) is 9.53. The number of hydrogen-bond donors (Lipinski definition) is 2. The summed E-state index contributed by atoms with van der Waals surface area (Å²) >= 11 is 0. The lowest BCUT2D eigenvalue weighted by Crippen LogP contribution is -2.45. The quantitative estimate of drug-likeness (QED) is 0.250. The van der Waals surface area contributed by atoms with Crippen molar-refractivity contribution in [2.45, 2.75) is 12.8 Å². The van der Waals surface area contributed by atoms with Gasteiger partial charge in [-0.3, -0.25) is 4.79 Å². The molecule has 0 aliphatic carbocycles. The maximum atomic E-state index is 12.6. The van der Waals surface area contributed by atoms with Gasteiger partial charge < -0.3 is 25.2 Å². The first-order valence-corrected chi connectivity index (χ1v) is 12.9. The zero-order valence-corrected chi connectivity index (χ0v) is 21.9. The van der Waals surface area contributed by atoms with Crippen LogP contribution in [0.2, 0.25) is 0 Å². The Morgan fingerprint density at radius 2 is 1.54 bits per heavy atom. The molecular weight excluding hydrogens is 505 g/mol. The fourth-order valence-electron chi connectivity index (χ4n) is 4.23. The van der Waals surface area contributed by atoms with Crippen molar-refractivity contribution in [1.29, 1.82) is 0 Å². The predicted octanol–water partition coefficient (Wildman–Crippen LogP) is 5.87. The minimum Gasteiger partial charge on any atom is -0.406 e. The largest absolute Gasteiger partial charge is 0.573 e. The van der Waals surface area contributed by atoms with Crippen LogP contribution in [0.15, 0.2) is 72.8 Å². The number of ether oxygens (including phenoxy) is 1. The summed E-state index contributed by atoms with van der Waals surface area (Å²) < 4.78 is 40.8. The standard InChI is InChI=1S/C30H33F3N4O2/c1-36-18-20-37(21-19-36)17-3-16-34-29(38)25-4-2-5-27(22-25)35-26-12-8-23(9-13-26)6-7-24-10-14-28(15-11-24)39-30(31,32)33/h2,4-15,22,35H,3,16-21H2,1H3,(H,34,38)/b7-6+. The Labute approximate surface area is 227 Å². The Morgan fingerprint density at radius 3 is 2.18 bits per heavy atom. The van der Waals surface area contributed by atoms with E-state index in [1.807, 2.05) is 54.6 Å². The first-order valence-electron chi connectivity index (χ1n) is 12.9. The molecule has 1 aliphatic rings. The Bertz CT molecular complexity index is 1240.